The SMILES string of the molecule is CC(C)(C)c1cc(NN=C2C=CC=CC2[NH3+])c(O)c(C(C)(C)C)c1. The second kappa shape index (κ2) is 6.44. The maximum absolute atomic E-state index is 10.7. The highest BCUT2D eigenvalue weighted by atomic mass is 16.3. The van der Waals surface area contributed by atoms with Crippen LogP contribution in [0.15, 0.2) is 41.5 Å². The number of hydrogen-bond donors (Lipinski definition) is 3. The molecule has 4 nitrogen and oxygen atoms in total. The van der Waals surface area contributed by atoms with Gasteiger partial charge in [-0.15, -0.1) is 0 Å². The number of phenolic OH excluding ortho intramolecular Hbond substituents is 1. The molecular weight excluding hydrogens is 298 g/mol. The fraction of sp³-hybridized carbons (Fsp3) is 0.450. The first-order chi connectivity index (χ1) is 11.0. The Balaban J connectivity index is 2.47. The highest BCUT2D eigenvalue weighted by molar-refractivity contribution is 6.01. The van der Waals surface area contributed by atoms with E-state index in [1.54, 1.807) is 0 Å². The third kappa shape index (κ3) is 4.06. The van der Waals surface area contributed by atoms with Crippen molar-refractivity contribution in [2.45, 2.75) is 58.4 Å². The number of quaternary nitrogens is 1. The van der Waals surface area contributed by atoms with Crippen molar-refractivity contribution in [3.8, 4) is 5.75 Å². The topological polar surface area (TPSA) is 72.3 Å². The summed E-state index contributed by atoms with van der Waals surface area (Å²) in [5.74, 6) is 0.260. The Kier molecular flexibility index (Phi) is 4.90. The molecule has 0 saturated carbocycles. The maximum atomic E-state index is 10.7. The highest BCUT2D eigenvalue weighted by Gasteiger charge is 2.25. The predicted octanol–water partition coefficient (Wildman–Crippen LogP) is 3.49. The lowest BCUT2D eigenvalue weighted by atomic mass is 9.80. The summed E-state index contributed by atoms with van der Waals surface area (Å²) in [7, 11) is 0. The van der Waals surface area contributed by atoms with Crippen LogP contribution in [0.2, 0.25) is 0 Å². The Morgan fingerprint density at radius 3 is 2.25 bits per heavy atom. The molecule has 0 spiro atoms. The quantitative estimate of drug-likeness (QED) is 0.574. The summed E-state index contributed by atoms with van der Waals surface area (Å²) >= 11 is 0. The molecule has 130 valence electrons. The largest absolute Gasteiger partial charge is 0.505 e. The summed E-state index contributed by atoms with van der Waals surface area (Å²) in [6.07, 6.45) is 7.83. The number of nitrogens with one attached hydrogen (secondary N) is 1. The first kappa shape index (κ1) is 18.3. The second-order valence-corrected chi connectivity index (χ2v) is 8.42. The third-order valence-electron chi connectivity index (χ3n) is 4.19. The van der Waals surface area contributed by atoms with Crippen molar-refractivity contribution in [2.24, 2.45) is 5.10 Å². The Labute approximate surface area is 145 Å². The van der Waals surface area contributed by atoms with E-state index in [2.05, 4.69) is 63.9 Å². The minimum atomic E-state index is -0.156. The van der Waals surface area contributed by atoms with E-state index >= 15 is 0 Å². The van der Waals surface area contributed by atoms with Crippen molar-refractivity contribution in [1.82, 2.24) is 0 Å². The van der Waals surface area contributed by atoms with Crippen molar-refractivity contribution in [1.29, 1.82) is 0 Å². The van der Waals surface area contributed by atoms with Gasteiger partial charge in [-0.3, -0.25) is 5.43 Å². The maximum Gasteiger partial charge on any atom is 0.148 e. The Hall–Kier alpha value is -2.07. The zero-order chi connectivity index (χ0) is 18.1. The number of nitrogens with zero attached hydrogens (tertiary/aromatic N) is 1. The molecule has 2 rings (SSSR count). The van der Waals surface area contributed by atoms with Crippen molar-refractivity contribution in [3.05, 3.63) is 47.6 Å². The van der Waals surface area contributed by atoms with Gasteiger partial charge in [0.05, 0.1) is 5.69 Å². The molecule has 0 saturated heterocycles. The van der Waals surface area contributed by atoms with Gasteiger partial charge in [-0.05, 0) is 34.6 Å². The van der Waals surface area contributed by atoms with E-state index in [0.717, 1.165) is 16.8 Å². The fourth-order valence-electron chi connectivity index (χ4n) is 2.54. The second-order valence-electron chi connectivity index (χ2n) is 8.42. The molecule has 24 heavy (non-hydrogen) atoms. The lowest BCUT2D eigenvalue weighted by molar-refractivity contribution is -0.379. The van der Waals surface area contributed by atoms with E-state index in [-0.39, 0.29) is 22.6 Å². The van der Waals surface area contributed by atoms with Crippen LogP contribution >= 0.6 is 0 Å². The summed E-state index contributed by atoms with van der Waals surface area (Å²) in [5, 5.41) is 15.2. The molecule has 1 atom stereocenters. The number of phenols is 1. The molecule has 0 aromatic heterocycles. The zero-order valence-corrected chi connectivity index (χ0v) is 15.6. The van der Waals surface area contributed by atoms with Crippen LogP contribution in [0.1, 0.15) is 52.7 Å². The van der Waals surface area contributed by atoms with Crippen LogP contribution in [0, 0.1) is 0 Å². The van der Waals surface area contributed by atoms with Crippen molar-refractivity contribution < 1.29 is 10.8 Å². The minimum Gasteiger partial charge on any atom is -0.505 e. The monoisotopic (exact) mass is 328 g/mol. The minimum absolute atomic E-state index is 0.0116. The van der Waals surface area contributed by atoms with E-state index in [0.29, 0.717) is 5.69 Å². The molecule has 1 aromatic carbocycles. The van der Waals surface area contributed by atoms with Crippen molar-refractivity contribution in [2.75, 3.05) is 5.43 Å². The van der Waals surface area contributed by atoms with Gasteiger partial charge in [0.25, 0.3) is 0 Å². The molecule has 1 aromatic rings. The van der Waals surface area contributed by atoms with Crippen LogP contribution < -0.4 is 11.2 Å². The van der Waals surface area contributed by atoms with E-state index in [1.807, 2.05) is 30.4 Å². The molecule has 1 unspecified atom stereocenters. The van der Waals surface area contributed by atoms with Gasteiger partial charge in [-0.2, -0.15) is 5.10 Å². The van der Waals surface area contributed by atoms with Crippen LogP contribution in [0.5, 0.6) is 5.75 Å². The van der Waals surface area contributed by atoms with E-state index in [9.17, 15) is 5.11 Å². The van der Waals surface area contributed by atoms with Gasteiger partial charge in [-0.1, -0.05) is 59.8 Å². The third-order valence-corrected chi connectivity index (χ3v) is 4.19. The number of rotatable bonds is 2. The number of aromatic hydroxyl groups is 1. The van der Waals surface area contributed by atoms with Crippen LogP contribution in [0.25, 0.3) is 0 Å². The highest BCUT2D eigenvalue weighted by Crippen LogP contribution is 2.40. The van der Waals surface area contributed by atoms with Gasteiger partial charge in [0, 0.05) is 5.56 Å². The van der Waals surface area contributed by atoms with Gasteiger partial charge < -0.3 is 10.8 Å². The molecule has 0 heterocycles. The lowest BCUT2D eigenvalue weighted by Crippen LogP contribution is -2.63. The number of hydrazone groups is 1. The fourth-order valence-corrected chi connectivity index (χ4v) is 2.54. The Bertz CT molecular complexity index is 701. The number of allylic oxidation sites excluding steroid dienone is 2. The van der Waals surface area contributed by atoms with Gasteiger partial charge in [0.1, 0.15) is 17.5 Å². The number of benzene rings is 1. The van der Waals surface area contributed by atoms with Gasteiger partial charge in [0.15, 0.2) is 0 Å². The first-order valence-electron chi connectivity index (χ1n) is 8.39. The summed E-state index contributed by atoms with van der Waals surface area (Å²) in [5.41, 5.74) is 10.5. The smallest absolute Gasteiger partial charge is 0.148 e. The number of hydrogen-bond acceptors (Lipinski definition) is 3. The van der Waals surface area contributed by atoms with Gasteiger partial charge >= 0.3 is 0 Å². The average molecular weight is 328 g/mol. The van der Waals surface area contributed by atoms with Crippen LogP contribution in [-0.4, -0.2) is 16.9 Å². The normalized spacial score (nSPS) is 19.8. The summed E-state index contributed by atoms with van der Waals surface area (Å²) in [4.78, 5) is 0. The van der Waals surface area contributed by atoms with Crippen LogP contribution in [0.3, 0.4) is 0 Å². The molecule has 0 bridgehead atoms. The van der Waals surface area contributed by atoms with E-state index in [4.69, 9.17) is 0 Å². The summed E-state index contributed by atoms with van der Waals surface area (Å²) in [6.45, 7) is 12.8. The first-order valence-corrected chi connectivity index (χ1v) is 8.39. The predicted molar refractivity (Wildman–Crippen MR) is 102 cm³/mol. The number of anilines is 1. The molecule has 0 aliphatic heterocycles. The van der Waals surface area contributed by atoms with Crippen molar-refractivity contribution >= 4 is 11.4 Å². The molecule has 1 aliphatic carbocycles. The zero-order valence-electron chi connectivity index (χ0n) is 15.6. The van der Waals surface area contributed by atoms with Crippen LogP contribution in [-0.2, 0) is 10.8 Å². The van der Waals surface area contributed by atoms with Gasteiger partial charge in [-0.25, -0.2) is 0 Å². The molecule has 0 radical (unpaired) electrons. The lowest BCUT2D eigenvalue weighted by Gasteiger charge is -2.27. The van der Waals surface area contributed by atoms with E-state index < -0.39 is 0 Å². The Morgan fingerprint density at radius 2 is 1.71 bits per heavy atom. The average Bonchev–Trinajstić information content (AvgIpc) is 2.45. The molecule has 0 amide bonds. The molecule has 1 aliphatic rings. The van der Waals surface area contributed by atoms with E-state index in [1.165, 1.54) is 0 Å². The van der Waals surface area contributed by atoms with Crippen LogP contribution in [0.4, 0.5) is 5.69 Å². The molecule has 0 fully saturated rings. The molecule has 5 N–H and O–H groups in total. The standard InChI is InChI=1S/C20H29N3O/c1-19(2,3)13-11-14(20(4,5)6)18(24)17(12-13)23-22-16-10-8-7-9-15(16)21/h7-12,15,23-24H,21H2,1-6H3/p+1. The van der Waals surface area contributed by atoms with Crippen molar-refractivity contribution in [3.63, 3.8) is 0 Å². The molecule has 4 heteroatoms. The summed E-state index contributed by atoms with van der Waals surface area (Å²) < 4.78 is 0. The molecular formula is C20H30N3O+. The Morgan fingerprint density at radius 1 is 1.04 bits per heavy atom. The summed E-state index contributed by atoms with van der Waals surface area (Å²) in [6, 6.07) is 4.09. The van der Waals surface area contributed by atoms with Gasteiger partial charge in [0.2, 0.25) is 0 Å².